The highest BCUT2D eigenvalue weighted by Crippen LogP contribution is 2.49. The maximum Gasteiger partial charge on any atom is 0.285 e. The van der Waals surface area contributed by atoms with Crippen LogP contribution in [0.3, 0.4) is 0 Å². The van der Waals surface area contributed by atoms with Gasteiger partial charge in [-0.3, -0.25) is 30.3 Å². The molecular weight excluding hydrogens is 476 g/mol. The number of hydrogen-bond acceptors (Lipinski definition) is 7. The molecule has 0 saturated carbocycles. The predicted molar refractivity (Wildman–Crippen MR) is 138 cm³/mol. The zero-order valence-electron chi connectivity index (χ0n) is 19.5. The molecule has 0 amide bonds. The van der Waals surface area contributed by atoms with Crippen LogP contribution < -0.4 is 0 Å². The minimum Gasteiger partial charge on any atom is -0.258 e. The number of hydrogen-bond donors (Lipinski definition) is 0. The van der Waals surface area contributed by atoms with Crippen molar-refractivity contribution in [2.75, 3.05) is 0 Å². The lowest BCUT2D eigenvalue weighted by Crippen LogP contribution is -2.01. The van der Waals surface area contributed by atoms with E-state index < -0.39 is 26.1 Å². The first-order valence-corrected chi connectivity index (χ1v) is 11.2. The van der Waals surface area contributed by atoms with Gasteiger partial charge in [-0.05, 0) is 48.2 Å². The van der Waals surface area contributed by atoms with Gasteiger partial charge in [0.05, 0.1) is 43.4 Å². The summed E-state index contributed by atoms with van der Waals surface area (Å²) in [6.45, 7) is 1.67. The normalized spacial score (nSPS) is 12.7. The van der Waals surface area contributed by atoms with Gasteiger partial charge in [-0.2, -0.15) is 0 Å². The van der Waals surface area contributed by atoms with E-state index in [2.05, 4.69) is 4.99 Å². The van der Waals surface area contributed by atoms with E-state index in [9.17, 15) is 30.3 Å². The van der Waals surface area contributed by atoms with Crippen LogP contribution in [0.4, 0.5) is 22.7 Å². The average molecular weight is 494 g/mol. The summed E-state index contributed by atoms with van der Waals surface area (Å²) in [4.78, 5) is 38.0. The number of non-ortho nitro benzene ring substituents is 1. The van der Waals surface area contributed by atoms with Gasteiger partial charge in [-0.15, -0.1) is 0 Å². The fourth-order valence-corrected chi connectivity index (χ4v) is 4.59. The zero-order valence-corrected chi connectivity index (χ0v) is 19.5. The van der Waals surface area contributed by atoms with Crippen molar-refractivity contribution in [3.63, 3.8) is 0 Å². The highest BCUT2D eigenvalue weighted by Gasteiger charge is 2.39. The molecule has 0 radical (unpaired) electrons. The van der Waals surface area contributed by atoms with Crippen LogP contribution in [-0.4, -0.2) is 20.5 Å². The first-order valence-electron chi connectivity index (χ1n) is 11.2. The Hall–Kier alpha value is -5.25. The van der Waals surface area contributed by atoms with Gasteiger partial charge in [0.25, 0.3) is 17.1 Å². The van der Waals surface area contributed by atoms with E-state index >= 15 is 0 Å². The largest absolute Gasteiger partial charge is 0.285 e. The lowest BCUT2D eigenvalue weighted by atomic mass is 10.00. The van der Waals surface area contributed by atoms with Gasteiger partial charge >= 0.3 is 0 Å². The first-order chi connectivity index (χ1) is 17.7. The lowest BCUT2D eigenvalue weighted by Gasteiger charge is -2.06. The van der Waals surface area contributed by atoms with Gasteiger partial charge in [0.15, 0.2) is 0 Å². The second kappa shape index (κ2) is 9.08. The van der Waals surface area contributed by atoms with Crippen LogP contribution in [0, 0.1) is 37.3 Å². The van der Waals surface area contributed by atoms with Crippen molar-refractivity contribution in [1.29, 1.82) is 0 Å². The third-order valence-electron chi connectivity index (χ3n) is 6.16. The Kier molecular flexibility index (Phi) is 5.76. The number of nitro groups is 3. The number of aryl methyl sites for hydroxylation is 1. The topological polar surface area (TPSA) is 142 Å². The molecule has 0 unspecified atom stereocenters. The Labute approximate surface area is 210 Å². The van der Waals surface area contributed by atoms with Crippen molar-refractivity contribution < 1.29 is 14.8 Å². The third-order valence-corrected chi connectivity index (χ3v) is 6.16. The SMILES string of the molecule is Cc1cc2c(c([N+](=O)[O-])c1)-c1c(cc([N+](=O)[O-])cc1[N+](=O)[O-])C2=Nc1ccc(Cc2ccccc2)cc1. The number of nitrogens with zero attached hydrogens (tertiary/aromatic N) is 4. The summed E-state index contributed by atoms with van der Waals surface area (Å²) < 4.78 is 0. The van der Waals surface area contributed by atoms with Crippen molar-refractivity contribution in [2.24, 2.45) is 4.99 Å². The predicted octanol–water partition coefficient (Wildman–Crippen LogP) is 6.46. The molecule has 0 aromatic heterocycles. The summed E-state index contributed by atoms with van der Waals surface area (Å²) in [7, 11) is 0. The summed E-state index contributed by atoms with van der Waals surface area (Å²) in [6, 6.07) is 22.3. The van der Waals surface area contributed by atoms with Gasteiger partial charge in [0.2, 0.25) is 0 Å². The van der Waals surface area contributed by atoms with Gasteiger partial charge in [-0.1, -0.05) is 42.5 Å². The summed E-state index contributed by atoms with van der Waals surface area (Å²) in [5, 5.41) is 35.4. The fourth-order valence-electron chi connectivity index (χ4n) is 4.59. The minimum atomic E-state index is -0.763. The fraction of sp³-hybridized carbons (Fsp3) is 0.0741. The van der Waals surface area contributed by atoms with E-state index in [-0.39, 0.29) is 28.1 Å². The molecule has 0 aliphatic heterocycles. The molecule has 10 heteroatoms. The Morgan fingerprint density at radius 1 is 0.676 bits per heavy atom. The Bertz CT molecular complexity index is 1630. The summed E-state index contributed by atoms with van der Waals surface area (Å²) in [6.07, 6.45) is 0.715. The van der Waals surface area contributed by atoms with E-state index in [1.54, 1.807) is 25.1 Å². The second-order valence-electron chi connectivity index (χ2n) is 8.65. The molecule has 1 aliphatic rings. The van der Waals surface area contributed by atoms with Crippen LogP contribution in [0.5, 0.6) is 0 Å². The smallest absolute Gasteiger partial charge is 0.258 e. The highest BCUT2D eigenvalue weighted by molar-refractivity contribution is 6.28. The lowest BCUT2D eigenvalue weighted by molar-refractivity contribution is -0.394. The number of benzene rings is 4. The van der Waals surface area contributed by atoms with Crippen LogP contribution >= 0.6 is 0 Å². The first kappa shape index (κ1) is 23.5. The zero-order chi connectivity index (χ0) is 26.3. The third kappa shape index (κ3) is 4.31. The number of fused-ring (bicyclic) bond motifs is 3. The van der Waals surface area contributed by atoms with Crippen molar-refractivity contribution >= 4 is 28.5 Å². The number of rotatable bonds is 6. The second-order valence-corrected chi connectivity index (χ2v) is 8.65. The van der Waals surface area contributed by atoms with Crippen molar-refractivity contribution in [3.05, 3.63) is 137 Å². The maximum absolute atomic E-state index is 11.9. The molecule has 0 N–H and O–H groups in total. The van der Waals surface area contributed by atoms with Crippen LogP contribution in [0.2, 0.25) is 0 Å². The Morgan fingerprint density at radius 3 is 1.84 bits per heavy atom. The minimum absolute atomic E-state index is 0.0339. The molecule has 1 aliphatic carbocycles. The van der Waals surface area contributed by atoms with Crippen LogP contribution in [0.25, 0.3) is 11.1 Å². The van der Waals surface area contributed by atoms with E-state index in [1.165, 1.54) is 12.1 Å². The van der Waals surface area contributed by atoms with Crippen LogP contribution in [-0.2, 0) is 6.42 Å². The van der Waals surface area contributed by atoms with Gasteiger partial charge < -0.3 is 0 Å². The maximum atomic E-state index is 11.9. The van der Waals surface area contributed by atoms with Gasteiger partial charge in [-0.25, -0.2) is 4.99 Å². The number of nitro benzene ring substituents is 3. The van der Waals surface area contributed by atoms with E-state index in [0.717, 1.165) is 17.2 Å². The summed E-state index contributed by atoms with van der Waals surface area (Å²) >= 11 is 0. The van der Waals surface area contributed by atoms with Crippen LogP contribution in [0.1, 0.15) is 27.8 Å². The molecule has 4 aromatic carbocycles. The Balaban J connectivity index is 1.70. The standard InChI is InChI=1S/C27H18N4O6/c1-16-11-21-25(23(12-16)30(34)35)26-22(14-20(29(32)33)15-24(26)31(36)37)27(21)28-19-9-7-18(8-10-19)13-17-5-3-2-4-6-17/h2-12,14-15H,13H2,1H3. The quantitative estimate of drug-likeness (QED) is 0.196. The van der Waals surface area contributed by atoms with Crippen molar-refractivity contribution in [1.82, 2.24) is 0 Å². The van der Waals surface area contributed by atoms with Crippen LogP contribution in [0.15, 0.2) is 83.9 Å². The molecule has 0 spiro atoms. The van der Waals surface area contributed by atoms with Gasteiger partial charge in [0.1, 0.15) is 0 Å². The molecule has 0 saturated heterocycles. The van der Waals surface area contributed by atoms with E-state index in [1.807, 2.05) is 42.5 Å². The monoisotopic (exact) mass is 494 g/mol. The highest BCUT2D eigenvalue weighted by atomic mass is 16.6. The molecule has 0 atom stereocenters. The summed E-state index contributed by atoms with van der Waals surface area (Å²) in [5.41, 5.74) is 2.47. The van der Waals surface area contributed by atoms with Crippen molar-refractivity contribution in [2.45, 2.75) is 13.3 Å². The molecule has 0 fully saturated rings. The molecule has 4 aromatic rings. The molecular formula is C27H18N4O6. The molecule has 37 heavy (non-hydrogen) atoms. The summed E-state index contributed by atoms with van der Waals surface area (Å²) in [5.74, 6) is 0. The Morgan fingerprint density at radius 2 is 1.24 bits per heavy atom. The average Bonchev–Trinajstić information content (AvgIpc) is 3.17. The molecule has 10 nitrogen and oxygen atoms in total. The molecule has 5 rings (SSSR count). The van der Waals surface area contributed by atoms with E-state index in [0.29, 0.717) is 23.2 Å². The van der Waals surface area contributed by atoms with Crippen molar-refractivity contribution in [3.8, 4) is 11.1 Å². The molecule has 0 bridgehead atoms. The molecule has 182 valence electrons. The van der Waals surface area contributed by atoms with E-state index in [4.69, 9.17) is 0 Å². The van der Waals surface area contributed by atoms with Gasteiger partial charge in [0, 0.05) is 23.3 Å². The molecule has 0 heterocycles. The number of aliphatic imine (C=N–C) groups is 1.